The number of ether oxygens (including phenoxy) is 1. The minimum Gasteiger partial charge on any atom is -0.472 e. The van der Waals surface area contributed by atoms with Crippen LogP contribution in [0, 0.1) is 33.5 Å². The van der Waals surface area contributed by atoms with E-state index in [4.69, 9.17) is 9.15 Å². The number of epoxide rings is 1. The first-order chi connectivity index (χ1) is 14.5. The molecule has 5 aliphatic rings. The zero-order valence-electron chi connectivity index (χ0n) is 19.5. The van der Waals surface area contributed by atoms with Gasteiger partial charge in [-0.1, -0.05) is 34.6 Å². The number of aliphatic hydroxyl groups excluding tert-OH is 3. The number of hydrogen-bond donors (Lipinski definition) is 3. The summed E-state index contributed by atoms with van der Waals surface area (Å²) in [5.41, 5.74) is -0.293. The number of hydrogen-bond acceptors (Lipinski definition) is 5. The molecule has 4 saturated carbocycles. The number of fused-ring (bicyclic) bond motifs is 3. The molecule has 5 nitrogen and oxygen atoms in total. The van der Waals surface area contributed by atoms with Crippen LogP contribution in [0.1, 0.15) is 78.2 Å². The first-order valence-corrected chi connectivity index (χ1v) is 12.2. The summed E-state index contributed by atoms with van der Waals surface area (Å²) in [7, 11) is 0. The zero-order chi connectivity index (χ0) is 22.2. The molecule has 2 unspecified atom stereocenters. The van der Waals surface area contributed by atoms with Crippen LogP contribution in [0.4, 0.5) is 0 Å². The Morgan fingerprint density at radius 2 is 1.65 bits per heavy atom. The Morgan fingerprint density at radius 3 is 2.32 bits per heavy atom. The lowest BCUT2D eigenvalue weighted by atomic mass is 9.35. The molecule has 0 radical (unpaired) electrons. The predicted octanol–water partition coefficient (Wildman–Crippen LogP) is 3.87. The second-order valence-corrected chi connectivity index (χ2v) is 12.7. The molecule has 0 amide bonds. The van der Waals surface area contributed by atoms with Crippen LogP contribution in [0.2, 0.25) is 0 Å². The van der Waals surface area contributed by atoms with Crippen LogP contribution in [0.3, 0.4) is 0 Å². The molecule has 1 saturated heterocycles. The third-order valence-electron chi connectivity index (χ3n) is 11.8. The van der Waals surface area contributed by atoms with Gasteiger partial charge in [0.1, 0.15) is 5.60 Å². The third kappa shape index (κ3) is 2.01. The van der Waals surface area contributed by atoms with Gasteiger partial charge in [-0.15, -0.1) is 0 Å². The molecule has 1 aliphatic heterocycles. The standard InChI is InChI=1S/C26H38O5/c1-22(2)17-11-20(29)25(5)16(24(17,4)19(28)12-18(22)27)6-8-23(3)15(14-7-9-30-13-14)10-21-26(23,25)31-21/h7,9,13,15-21,27-29H,6,8,10-12H2,1-5H3/t15-,16?,17?,18+,19-,20+,21+,23-,24+,25-,26+/m0/s1. The van der Waals surface area contributed by atoms with Crippen LogP contribution >= 0.6 is 0 Å². The van der Waals surface area contributed by atoms with Crippen molar-refractivity contribution in [3.05, 3.63) is 24.2 Å². The predicted molar refractivity (Wildman–Crippen MR) is 115 cm³/mol. The Kier molecular flexibility index (Phi) is 3.86. The molecule has 0 bridgehead atoms. The highest BCUT2D eigenvalue weighted by molar-refractivity contribution is 5.39. The van der Waals surface area contributed by atoms with Crippen molar-refractivity contribution in [3.63, 3.8) is 0 Å². The average Bonchev–Trinajstić information content (AvgIpc) is 3.07. The first-order valence-electron chi connectivity index (χ1n) is 12.2. The molecule has 31 heavy (non-hydrogen) atoms. The Morgan fingerprint density at radius 1 is 0.903 bits per heavy atom. The second-order valence-electron chi connectivity index (χ2n) is 12.7. The SMILES string of the molecule is CC1(C)C2C[C@@H](O)[C@]3(C)C(CC[C@@]4(C)[C@H](c5ccoc5)C[C@H]5O[C@]543)[C@@]2(C)[C@@H](O)C[C@H]1O. The van der Waals surface area contributed by atoms with Gasteiger partial charge < -0.3 is 24.5 Å². The molecular weight excluding hydrogens is 392 g/mol. The van der Waals surface area contributed by atoms with Crippen molar-refractivity contribution in [2.24, 2.45) is 33.5 Å². The largest absolute Gasteiger partial charge is 0.472 e. The topological polar surface area (TPSA) is 86.4 Å². The summed E-state index contributed by atoms with van der Waals surface area (Å²) in [6.07, 6.45) is 6.13. The summed E-state index contributed by atoms with van der Waals surface area (Å²) in [6.45, 7) is 11.1. The molecule has 1 spiro atoms. The molecule has 1 aromatic heterocycles. The quantitative estimate of drug-likeness (QED) is 0.589. The van der Waals surface area contributed by atoms with Crippen LogP contribution in [0.5, 0.6) is 0 Å². The summed E-state index contributed by atoms with van der Waals surface area (Å²) in [6, 6.07) is 2.09. The van der Waals surface area contributed by atoms with Crippen molar-refractivity contribution in [2.45, 2.75) is 103 Å². The molecule has 4 aliphatic carbocycles. The van der Waals surface area contributed by atoms with Gasteiger partial charge in [0.2, 0.25) is 0 Å². The van der Waals surface area contributed by atoms with Crippen molar-refractivity contribution >= 4 is 0 Å². The maximum absolute atomic E-state index is 11.8. The van der Waals surface area contributed by atoms with E-state index < -0.39 is 23.7 Å². The Labute approximate surface area is 185 Å². The second kappa shape index (κ2) is 5.78. The van der Waals surface area contributed by atoms with Gasteiger partial charge in [-0.25, -0.2) is 0 Å². The highest BCUT2D eigenvalue weighted by Crippen LogP contribution is 2.82. The van der Waals surface area contributed by atoms with Crippen molar-refractivity contribution in [2.75, 3.05) is 0 Å². The van der Waals surface area contributed by atoms with Crippen molar-refractivity contribution in [1.29, 1.82) is 0 Å². The summed E-state index contributed by atoms with van der Waals surface area (Å²) in [5, 5.41) is 34.1. The molecule has 3 N–H and O–H groups in total. The molecular formula is C26H38O5. The normalized spacial score (nSPS) is 59.3. The highest BCUT2D eigenvalue weighted by atomic mass is 16.6. The lowest BCUT2D eigenvalue weighted by molar-refractivity contribution is -0.283. The van der Waals surface area contributed by atoms with Gasteiger partial charge in [0.25, 0.3) is 0 Å². The van der Waals surface area contributed by atoms with Gasteiger partial charge in [0, 0.05) is 22.7 Å². The van der Waals surface area contributed by atoms with Crippen molar-refractivity contribution in [1.82, 2.24) is 0 Å². The minimum atomic E-state index is -0.568. The van der Waals surface area contributed by atoms with Crippen LogP contribution in [-0.4, -0.2) is 45.3 Å². The fourth-order valence-corrected chi connectivity index (χ4v) is 10.0. The van der Waals surface area contributed by atoms with Crippen LogP contribution in [-0.2, 0) is 4.74 Å². The number of furan rings is 1. The fraction of sp³-hybridized carbons (Fsp3) is 0.846. The van der Waals surface area contributed by atoms with Crippen molar-refractivity contribution < 1.29 is 24.5 Å². The van der Waals surface area contributed by atoms with Crippen LogP contribution in [0.25, 0.3) is 0 Å². The lowest BCUT2D eigenvalue weighted by Crippen LogP contribution is -2.73. The molecule has 172 valence electrons. The lowest BCUT2D eigenvalue weighted by Gasteiger charge is -2.70. The van der Waals surface area contributed by atoms with E-state index in [2.05, 4.69) is 40.7 Å². The summed E-state index contributed by atoms with van der Waals surface area (Å²) < 4.78 is 12.1. The van der Waals surface area contributed by atoms with E-state index >= 15 is 0 Å². The Balaban J connectivity index is 1.48. The summed E-state index contributed by atoms with van der Waals surface area (Å²) >= 11 is 0. The van der Waals surface area contributed by atoms with E-state index in [1.165, 1.54) is 5.56 Å². The van der Waals surface area contributed by atoms with Crippen LogP contribution < -0.4 is 0 Å². The van der Waals surface area contributed by atoms with Gasteiger partial charge in [-0.05, 0) is 60.5 Å². The number of rotatable bonds is 1. The molecule has 5 fully saturated rings. The third-order valence-corrected chi connectivity index (χ3v) is 11.8. The minimum absolute atomic E-state index is 0.0639. The maximum Gasteiger partial charge on any atom is 0.109 e. The van der Waals surface area contributed by atoms with E-state index in [1.807, 2.05) is 6.26 Å². The monoisotopic (exact) mass is 430 g/mol. The average molecular weight is 431 g/mol. The van der Waals surface area contributed by atoms with E-state index in [9.17, 15) is 15.3 Å². The first kappa shape index (κ1) is 20.7. The van der Waals surface area contributed by atoms with Crippen molar-refractivity contribution in [3.8, 4) is 0 Å². The summed E-state index contributed by atoms with van der Waals surface area (Å²) in [5.74, 6) is 0.586. The molecule has 11 atom stereocenters. The number of aliphatic hydroxyl groups is 3. The van der Waals surface area contributed by atoms with Gasteiger partial charge in [0.05, 0.1) is 36.9 Å². The summed E-state index contributed by atoms with van der Waals surface area (Å²) in [4.78, 5) is 0. The highest BCUT2D eigenvalue weighted by Gasteiger charge is 2.87. The van der Waals surface area contributed by atoms with Gasteiger partial charge in [-0.2, -0.15) is 0 Å². The molecule has 6 rings (SSSR count). The maximum atomic E-state index is 11.8. The van der Waals surface area contributed by atoms with E-state index in [1.54, 1.807) is 6.26 Å². The Bertz CT molecular complexity index is 896. The smallest absolute Gasteiger partial charge is 0.109 e. The van der Waals surface area contributed by atoms with E-state index in [0.717, 1.165) is 19.3 Å². The zero-order valence-corrected chi connectivity index (χ0v) is 19.5. The Hall–Kier alpha value is -0.880. The molecule has 2 heterocycles. The van der Waals surface area contributed by atoms with E-state index in [0.29, 0.717) is 18.8 Å². The van der Waals surface area contributed by atoms with Crippen LogP contribution in [0.15, 0.2) is 23.0 Å². The van der Waals surface area contributed by atoms with E-state index in [-0.39, 0.29) is 39.8 Å². The van der Waals surface area contributed by atoms with Gasteiger partial charge in [-0.3, -0.25) is 0 Å². The van der Waals surface area contributed by atoms with Gasteiger partial charge in [0.15, 0.2) is 0 Å². The molecule has 5 heteroatoms. The van der Waals surface area contributed by atoms with Gasteiger partial charge >= 0.3 is 0 Å². The molecule has 1 aromatic rings. The fourth-order valence-electron chi connectivity index (χ4n) is 10.0. The molecule has 0 aromatic carbocycles.